The number of anilines is 1. The molecule has 2 aromatic carbocycles. The number of hydrogen-bond donors (Lipinski definition) is 1. The molecule has 5 nitrogen and oxygen atoms in total. The van der Waals surface area contributed by atoms with Crippen LogP contribution in [0.25, 0.3) is 11.0 Å². The summed E-state index contributed by atoms with van der Waals surface area (Å²) in [6.45, 7) is 3.30. The molecular formula is C23H27N3O2. The fourth-order valence-corrected chi connectivity index (χ4v) is 4.22. The third-order valence-corrected chi connectivity index (χ3v) is 5.57. The highest BCUT2D eigenvalue weighted by Crippen LogP contribution is 2.34. The van der Waals surface area contributed by atoms with Crippen LogP contribution in [0.1, 0.15) is 55.7 Å². The van der Waals surface area contributed by atoms with Crippen LogP contribution in [0, 0.1) is 6.92 Å². The maximum absolute atomic E-state index is 10.7. The van der Waals surface area contributed by atoms with E-state index >= 15 is 0 Å². The number of aryl methyl sites for hydroxylation is 1. The molecule has 0 spiro atoms. The highest BCUT2D eigenvalue weighted by atomic mass is 16.5. The molecule has 1 saturated carbocycles. The van der Waals surface area contributed by atoms with E-state index in [1.165, 1.54) is 49.7 Å². The van der Waals surface area contributed by atoms with Crippen molar-refractivity contribution < 1.29 is 9.53 Å². The van der Waals surface area contributed by atoms with E-state index in [9.17, 15) is 4.79 Å². The van der Waals surface area contributed by atoms with Crippen LogP contribution < -0.4 is 10.1 Å². The van der Waals surface area contributed by atoms with Gasteiger partial charge < -0.3 is 14.6 Å². The average molecular weight is 377 g/mol. The van der Waals surface area contributed by atoms with E-state index in [-0.39, 0.29) is 0 Å². The SMILES string of the molecule is Cc1cccc(CNc2nc3cc(OC=O)ccc3n2C2CCCCCC2)c1. The zero-order chi connectivity index (χ0) is 19.3. The standard InChI is InChI=1S/C23H27N3O2/c1-17-7-6-8-18(13-17)15-24-23-25-21-14-20(28-16-27)11-12-22(21)26(23)19-9-4-2-3-5-10-19/h6-8,11-14,16,19H,2-5,9-10,15H2,1H3,(H,24,25). The van der Waals surface area contributed by atoms with Gasteiger partial charge in [0.15, 0.2) is 0 Å². The van der Waals surface area contributed by atoms with Gasteiger partial charge in [-0.05, 0) is 37.5 Å². The number of fused-ring (bicyclic) bond motifs is 1. The molecule has 0 unspecified atom stereocenters. The van der Waals surface area contributed by atoms with Gasteiger partial charge in [0.25, 0.3) is 6.47 Å². The van der Waals surface area contributed by atoms with Crippen LogP contribution in [0.2, 0.25) is 0 Å². The number of rotatable bonds is 6. The molecule has 5 heteroatoms. The summed E-state index contributed by atoms with van der Waals surface area (Å²) in [5.74, 6) is 1.42. The molecule has 4 rings (SSSR count). The minimum Gasteiger partial charge on any atom is -0.429 e. The predicted octanol–water partition coefficient (Wildman–Crippen LogP) is 5.39. The van der Waals surface area contributed by atoms with Crippen LogP contribution in [-0.4, -0.2) is 16.0 Å². The van der Waals surface area contributed by atoms with Crippen molar-refractivity contribution in [2.45, 2.75) is 58.0 Å². The van der Waals surface area contributed by atoms with Gasteiger partial charge in [-0.2, -0.15) is 0 Å². The smallest absolute Gasteiger partial charge is 0.298 e. The Hall–Kier alpha value is -2.82. The lowest BCUT2D eigenvalue weighted by molar-refractivity contribution is -0.120. The Bertz CT molecular complexity index is 956. The number of carbonyl (C=O) groups is 1. The Labute approximate surface area is 165 Å². The highest BCUT2D eigenvalue weighted by molar-refractivity contribution is 5.81. The number of hydrogen-bond acceptors (Lipinski definition) is 4. The van der Waals surface area contributed by atoms with Gasteiger partial charge in [0.2, 0.25) is 5.95 Å². The lowest BCUT2D eigenvalue weighted by Crippen LogP contribution is -2.13. The number of imidazole rings is 1. The molecule has 1 aliphatic rings. The van der Waals surface area contributed by atoms with Crippen molar-refractivity contribution in [3.8, 4) is 5.75 Å². The topological polar surface area (TPSA) is 56.2 Å². The monoisotopic (exact) mass is 377 g/mol. The number of nitrogens with zero attached hydrogens (tertiary/aromatic N) is 2. The molecule has 1 N–H and O–H groups in total. The van der Waals surface area contributed by atoms with E-state index in [2.05, 4.69) is 41.1 Å². The molecule has 0 bridgehead atoms. The first-order valence-corrected chi connectivity index (χ1v) is 10.2. The second-order valence-electron chi connectivity index (χ2n) is 7.66. The van der Waals surface area contributed by atoms with Crippen molar-refractivity contribution in [3.05, 3.63) is 53.6 Å². The highest BCUT2D eigenvalue weighted by Gasteiger charge is 2.21. The van der Waals surface area contributed by atoms with Gasteiger partial charge in [0, 0.05) is 18.7 Å². The number of carbonyl (C=O) groups excluding carboxylic acids is 1. The molecule has 0 atom stereocenters. The molecule has 1 fully saturated rings. The number of nitrogens with one attached hydrogen (secondary N) is 1. The van der Waals surface area contributed by atoms with Gasteiger partial charge in [-0.1, -0.05) is 55.5 Å². The normalized spacial score (nSPS) is 15.3. The fraction of sp³-hybridized carbons (Fsp3) is 0.391. The third kappa shape index (κ3) is 4.03. The Morgan fingerprint density at radius 1 is 1.14 bits per heavy atom. The van der Waals surface area contributed by atoms with Gasteiger partial charge in [0.05, 0.1) is 11.0 Å². The molecule has 0 saturated heterocycles. The van der Waals surface area contributed by atoms with Gasteiger partial charge in [-0.3, -0.25) is 4.79 Å². The number of aromatic nitrogens is 2. The van der Waals surface area contributed by atoms with Crippen LogP contribution >= 0.6 is 0 Å². The van der Waals surface area contributed by atoms with Crippen molar-refractivity contribution in [1.29, 1.82) is 0 Å². The van der Waals surface area contributed by atoms with E-state index in [0.717, 1.165) is 23.5 Å². The predicted molar refractivity (Wildman–Crippen MR) is 112 cm³/mol. The van der Waals surface area contributed by atoms with Crippen molar-refractivity contribution in [1.82, 2.24) is 9.55 Å². The third-order valence-electron chi connectivity index (χ3n) is 5.57. The Morgan fingerprint density at radius 2 is 1.96 bits per heavy atom. The van der Waals surface area contributed by atoms with Crippen LogP contribution in [-0.2, 0) is 11.3 Å². The second-order valence-corrected chi connectivity index (χ2v) is 7.66. The summed E-state index contributed by atoms with van der Waals surface area (Å²) in [7, 11) is 0. The number of benzene rings is 2. The fourth-order valence-electron chi connectivity index (χ4n) is 4.22. The summed E-state index contributed by atoms with van der Waals surface area (Å²) >= 11 is 0. The first kappa shape index (κ1) is 18.5. The summed E-state index contributed by atoms with van der Waals surface area (Å²) in [6.07, 6.45) is 7.50. The Morgan fingerprint density at radius 3 is 2.71 bits per heavy atom. The van der Waals surface area contributed by atoms with E-state index in [1.807, 2.05) is 18.2 Å². The van der Waals surface area contributed by atoms with Crippen molar-refractivity contribution >= 4 is 23.5 Å². The first-order chi connectivity index (χ1) is 13.7. The molecule has 146 valence electrons. The molecule has 1 aliphatic carbocycles. The second kappa shape index (κ2) is 8.46. The summed E-state index contributed by atoms with van der Waals surface area (Å²) in [4.78, 5) is 15.5. The molecule has 1 heterocycles. The Kier molecular flexibility index (Phi) is 5.60. The first-order valence-electron chi connectivity index (χ1n) is 10.2. The summed E-state index contributed by atoms with van der Waals surface area (Å²) in [5.41, 5.74) is 4.45. The van der Waals surface area contributed by atoms with Crippen LogP contribution in [0.4, 0.5) is 5.95 Å². The van der Waals surface area contributed by atoms with Crippen molar-refractivity contribution in [2.24, 2.45) is 0 Å². The lowest BCUT2D eigenvalue weighted by Gasteiger charge is -2.20. The van der Waals surface area contributed by atoms with Crippen LogP contribution in [0.3, 0.4) is 0 Å². The van der Waals surface area contributed by atoms with Gasteiger partial charge in [-0.15, -0.1) is 0 Å². The summed E-state index contributed by atoms with van der Waals surface area (Å²) < 4.78 is 7.38. The van der Waals surface area contributed by atoms with Gasteiger partial charge in [-0.25, -0.2) is 4.98 Å². The molecule has 28 heavy (non-hydrogen) atoms. The maximum Gasteiger partial charge on any atom is 0.298 e. The lowest BCUT2D eigenvalue weighted by atomic mass is 10.1. The van der Waals surface area contributed by atoms with Gasteiger partial charge >= 0.3 is 0 Å². The Balaban J connectivity index is 1.69. The molecule has 0 radical (unpaired) electrons. The van der Waals surface area contributed by atoms with E-state index < -0.39 is 0 Å². The van der Waals surface area contributed by atoms with Gasteiger partial charge in [0.1, 0.15) is 5.75 Å². The number of ether oxygens (including phenoxy) is 1. The van der Waals surface area contributed by atoms with E-state index in [0.29, 0.717) is 18.3 Å². The molecule has 3 aromatic rings. The average Bonchev–Trinajstić information content (AvgIpc) is 2.85. The van der Waals surface area contributed by atoms with Crippen LogP contribution in [0.15, 0.2) is 42.5 Å². The van der Waals surface area contributed by atoms with Crippen molar-refractivity contribution in [2.75, 3.05) is 5.32 Å². The quantitative estimate of drug-likeness (QED) is 0.462. The molecular weight excluding hydrogens is 350 g/mol. The molecule has 0 amide bonds. The minimum atomic E-state index is 0.449. The summed E-state index contributed by atoms with van der Waals surface area (Å²) in [5, 5.41) is 3.56. The zero-order valence-electron chi connectivity index (χ0n) is 16.4. The maximum atomic E-state index is 10.7. The van der Waals surface area contributed by atoms with E-state index in [4.69, 9.17) is 9.72 Å². The minimum absolute atomic E-state index is 0.449. The van der Waals surface area contributed by atoms with Crippen molar-refractivity contribution in [3.63, 3.8) is 0 Å². The zero-order valence-corrected chi connectivity index (χ0v) is 16.4. The van der Waals surface area contributed by atoms with E-state index in [1.54, 1.807) is 0 Å². The molecule has 1 aromatic heterocycles. The summed E-state index contributed by atoms with van der Waals surface area (Å²) in [6, 6.07) is 14.7. The van der Waals surface area contributed by atoms with Crippen LogP contribution in [0.5, 0.6) is 5.75 Å². The molecule has 0 aliphatic heterocycles. The largest absolute Gasteiger partial charge is 0.429 e.